The highest BCUT2D eigenvalue weighted by atomic mass is 15.2. The lowest BCUT2D eigenvalue weighted by molar-refractivity contribution is 0.219. The number of para-hydroxylation sites is 1. The van der Waals surface area contributed by atoms with Crippen LogP contribution in [0.5, 0.6) is 0 Å². The van der Waals surface area contributed by atoms with Crippen LogP contribution in [-0.4, -0.2) is 26.2 Å². The van der Waals surface area contributed by atoms with Gasteiger partial charge in [0.15, 0.2) is 0 Å². The van der Waals surface area contributed by atoms with E-state index in [0.29, 0.717) is 5.41 Å². The van der Waals surface area contributed by atoms with Crippen LogP contribution in [0.15, 0.2) is 24.3 Å². The van der Waals surface area contributed by atoms with Gasteiger partial charge in [-0.3, -0.25) is 0 Å². The zero-order chi connectivity index (χ0) is 14.2. The summed E-state index contributed by atoms with van der Waals surface area (Å²) in [5.41, 5.74) is 3.47. The van der Waals surface area contributed by atoms with E-state index in [9.17, 15) is 0 Å². The van der Waals surface area contributed by atoms with E-state index in [-0.39, 0.29) is 0 Å². The molecule has 1 fully saturated rings. The molecule has 0 radical (unpaired) electrons. The van der Waals surface area contributed by atoms with E-state index < -0.39 is 0 Å². The van der Waals surface area contributed by atoms with Gasteiger partial charge in [0.25, 0.3) is 0 Å². The lowest BCUT2D eigenvalue weighted by atomic mass is 9.75. The van der Waals surface area contributed by atoms with Crippen LogP contribution in [0, 0.1) is 17.3 Å². The first-order valence-corrected chi connectivity index (χ1v) is 8.14. The summed E-state index contributed by atoms with van der Waals surface area (Å²) in [6.45, 7) is 12.0. The van der Waals surface area contributed by atoms with E-state index in [1.165, 1.54) is 50.3 Å². The van der Waals surface area contributed by atoms with Gasteiger partial charge in [0.1, 0.15) is 0 Å². The van der Waals surface area contributed by atoms with Crippen LogP contribution in [0.2, 0.25) is 0 Å². The normalized spacial score (nSPS) is 29.8. The van der Waals surface area contributed by atoms with E-state index in [4.69, 9.17) is 0 Å². The molecule has 1 aromatic carbocycles. The Hall–Kier alpha value is -1.02. The number of fused-ring (bicyclic) bond motifs is 1. The maximum Gasteiger partial charge on any atom is 0.0399 e. The summed E-state index contributed by atoms with van der Waals surface area (Å²) >= 11 is 0. The quantitative estimate of drug-likeness (QED) is 0.908. The van der Waals surface area contributed by atoms with Crippen molar-refractivity contribution in [3.05, 3.63) is 29.8 Å². The van der Waals surface area contributed by atoms with Gasteiger partial charge >= 0.3 is 0 Å². The molecule has 110 valence electrons. The SMILES string of the molecule is CC1Cc2ccccc2N(CC2(C(C)C)CCNC2)C1. The zero-order valence-electron chi connectivity index (χ0n) is 13.2. The van der Waals surface area contributed by atoms with Gasteiger partial charge in [0.05, 0.1) is 0 Å². The number of anilines is 1. The van der Waals surface area contributed by atoms with Crippen LogP contribution in [0.4, 0.5) is 5.69 Å². The molecule has 1 aromatic rings. The molecule has 3 rings (SSSR count). The second kappa shape index (κ2) is 5.40. The van der Waals surface area contributed by atoms with Gasteiger partial charge in [-0.2, -0.15) is 0 Å². The monoisotopic (exact) mass is 272 g/mol. The molecule has 0 bridgehead atoms. The lowest BCUT2D eigenvalue weighted by Gasteiger charge is -2.43. The fourth-order valence-corrected chi connectivity index (χ4v) is 4.01. The van der Waals surface area contributed by atoms with Crippen molar-refractivity contribution in [2.45, 2.75) is 33.6 Å². The van der Waals surface area contributed by atoms with Crippen molar-refractivity contribution in [3.63, 3.8) is 0 Å². The molecule has 1 saturated heterocycles. The van der Waals surface area contributed by atoms with Crippen LogP contribution >= 0.6 is 0 Å². The predicted molar refractivity (Wildman–Crippen MR) is 86.3 cm³/mol. The predicted octanol–water partition coefficient (Wildman–Crippen LogP) is 3.32. The standard InChI is InChI=1S/C18H28N2/c1-14(2)18(8-9-19-12-18)13-20-11-15(3)10-16-6-4-5-7-17(16)20/h4-7,14-15,19H,8-13H2,1-3H3. The molecule has 2 aliphatic heterocycles. The number of hydrogen-bond donors (Lipinski definition) is 1. The van der Waals surface area contributed by atoms with Gasteiger partial charge in [-0.15, -0.1) is 0 Å². The largest absolute Gasteiger partial charge is 0.370 e. The van der Waals surface area contributed by atoms with Crippen LogP contribution < -0.4 is 10.2 Å². The lowest BCUT2D eigenvalue weighted by Crippen LogP contribution is -2.46. The van der Waals surface area contributed by atoms with E-state index in [2.05, 4.69) is 55.3 Å². The zero-order valence-corrected chi connectivity index (χ0v) is 13.2. The maximum atomic E-state index is 3.59. The number of nitrogens with zero attached hydrogens (tertiary/aromatic N) is 1. The Balaban J connectivity index is 1.87. The van der Waals surface area contributed by atoms with E-state index >= 15 is 0 Å². The molecule has 0 aromatic heterocycles. The van der Waals surface area contributed by atoms with Crippen molar-refractivity contribution < 1.29 is 0 Å². The highest BCUT2D eigenvalue weighted by Crippen LogP contribution is 2.38. The van der Waals surface area contributed by atoms with Gasteiger partial charge in [-0.1, -0.05) is 39.0 Å². The van der Waals surface area contributed by atoms with Crippen LogP contribution in [0.25, 0.3) is 0 Å². The highest BCUT2D eigenvalue weighted by molar-refractivity contribution is 5.56. The average Bonchev–Trinajstić information content (AvgIpc) is 2.88. The third-order valence-corrected chi connectivity index (χ3v) is 5.44. The van der Waals surface area contributed by atoms with E-state index in [1.807, 2.05) is 0 Å². The van der Waals surface area contributed by atoms with Gasteiger partial charge in [-0.05, 0) is 42.9 Å². The molecule has 1 N–H and O–H groups in total. The molecule has 20 heavy (non-hydrogen) atoms. The Labute approximate surface area is 123 Å². The topological polar surface area (TPSA) is 15.3 Å². The number of hydrogen-bond acceptors (Lipinski definition) is 2. The minimum absolute atomic E-state index is 0.449. The highest BCUT2D eigenvalue weighted by Gasteiger charge is 2.39. The van der Waals surface area contributed by atoms with E-state index in [1.54, 1.807) is 0 Å². The number of rotatable bonds is 3. The maximum absolute atomic E-state index is 3.59. The van der Waals surface area contributed by atoms with Gasteiger partial charge < -0.3 is 10.2 Å². The van der Waals surface area contributed by atoms with Crippen LogP contribution in [-0.2, 0) is 6.42 Å². The first kappa shape index (κ1) is 13.9. The Bertz CT molecular complexity index is 460. The Morgan fingerprint density at radius 3 is 2.85 bits per heavy atom. The molecule has 0 aliphatic carbocycles. The smallest absolute Gasteiger partial charge is 0.0399 e. The molecule has 2 heteroatoms. The van der Waals surface area contributed by atoms with Crippen molar-refractivity contribution >= 4 is 5.69 Å². The summed E-state index contributed by atoms with van der Waals surface area (Å²) in [7, 11) is 0. The molecule has 2 atom stereocenters. The molecule has 2 nitrogen and oxygen atoms in total. The third-order valence-electron chi connectivity index (χ3n) is 5.44. The molecule has 0 spiro atoms. The summed E-state index contributed by atoms with van der Waals surface area (Å²) in [4.78, 5) is 2.66. The summed E-state index contributed by atoms with van der Waals surface area (Å²) in [6.07, 6.45) is 2.55. The average molecular weight is 272 g/mol. The van der Waals surface area contributed by atoms with Crippen molar-refractivity contribution in [1.82, 2.24) is 5.32 Å². The Morgan fingerprint density at radius 2 is 2.15 bits per heavy atom. The molecule has 2 aliphatic rings. The summed E-state index contributed by atoms with van der Waals surface area (Å²) < 4.78 is 0. The van der Waals surface area contributed by atoms with Crippen molar-refractivity contribution in [2.75, 3.05) is 31.1 Å². The number of nitrogens with one attached hydrogen (secondary N) is 1. The van der Waals surface area contributed by atoms with Crippen molar-refractivity contribution in [2.24, 2.45) is 17.3 Å². The fourth-order valence-electron chi connectivity index (χ4n) is 4.01. The second-order valence-corrected chi connectivity index (χ2v) is 7.26. The van der Waals surface area contributed by atoms with Crippen LogP contribution in [0.3, 0.4) is 0 Å². The summed E-state index contributed by atoms with van der Waals surface area (Å²) in [5, 5.41) is 3.59. The molecule has 0 saturated carbocycles. The van der Waals surface area contributed by atoms with Gasteiger partial charge in [-0.25, -0.2) is 0 Å². The minimum Gasteiger partial charge on any atom is -0.370 e. The summed E-state index contributed by atoms with van der Waals surface area (Å²) in [5.74, 6) is 1.50. The molecule has 2 heterocycles. The van der Waals surface area contributed by atoms with Gasteiger partial charge in [0, 0.05) is 30.7 Å². The van der Waals surface area contributed by atoms with Gasteiger partial charge in [0.2, 0.25) is 0 Å². The Kier molecular flexibility index (Phi) is 3.76. The first-order valence-electron chi connectivity index (χ1n) is 8.14. The minimum atomic E-state index is 0.449. The third kappa shape index (κ3) is 2.46. The fraction of sp³-hybridized carbons (Fsp3) is 0.667. The van der Waals surface area contributed by atoms with Crippen LogP contribution in [0.1, 0.15) is 32.8 Å². The van der Waals surface area contributed by atoms with E-state index in [0.717, 1.165) is 11.8 Å². The molecule has 2 unspecified atom stereocenters. The van der Waals surface area contributed by atoms with Crippen molar-refractivity contribution in [1.29, 1.82) is 0 Å². The van der Waals surface area contributed by atoms with Crippen molar-refractivity contribution in [3.8, 4) is 0 Å². The molecule has 0 amide bonds. The summed E-state index contributed by atoms with van der Waals surface area (Å²) in [6, 6.07) is 9.01. The molecular weight excluding hydrogens is 244 g/mol. The molecular formula is C18H28N2. The second-order valence-electron chi connectivity index (χ2n) is 7.26. The number of benzene rings is 1. The Morgan fingerprint density at radius 1 is 1.35 bits per heavy atom. The first-order chi connectivity index (χ1) is 9.61.